The maximum Gasteiger partial charge on any atom is 0.389 e. The van der Waals surface area contributed by atoms with Gasteiger partial charge in [0, 0.05) is 17.7 Å². The molecule has 2 aromatic carbocycles. The third-order valence-electron chi connectivity index (χ3n) is 2.45. The van der Waals surface area contributed by atoms with Crippen LogP contribution in [-0.4, -0.2) is 16.7 Å². The molecule has 0 atom stereocenters. The van der Waals surface area contributed by atoms with Crippen LogP contribution in [0.3, 0.4) is 0 Å². The Kier molecular flexibility index (Phi) is 3.46. The van der Waals surface area contributed by atoms with Crippen molar-refractivity contribution in [2.24, 2.45) is 0 Å². The zero-order valence-corrected chi connectivity index (χ0v) is 9.71. The van der Waals surface area contributed by atoms with Gasteiger partial charge < -0.3 is 0 Å². The Morgan fingerprint density at radius 3 is 2.00 bits per heavy atom. The number of carbonyl (C=O) groups is 1. The molecule has 2 nitrogen and oxygen atoms in total. The Morgan fingerprint density at radius 2 is 1.47 bits per heavy atom. The summed E-state index contributed by atoms with van der Waals surface area (Å²) < 4.78 is 1.65. The van der Waals surface area contributed by atoms with Gasteiger partial charge in [0.25, 0.3) is 0 Å². The van der Waals surface area contributed by atoms with E-state index in [2.05, 4.69) is 0 Å². The van der Waals surface area contributed by atoms with Crippen LogP contribution in [0.2, 0.25) is 0 Å². The summed E-state index contributed by atoms with van der Waals surface area (Å²) in [5, 5.41) is 0. The molecule has 2 aromatic rings. The fraction of sp³-hybridized carbons (Fsp3) is 0.0667. The largest absolute Gasteiger partial charge is 0.389 e. The molecule has 0 saturated heterocycles. The van der Waals surface area contributed by atoms with Crippen LogP contribution >= 0.6 is 0 Å². The second-order valence-corrected chi connectivity index (χ2v) is 3.76. The lowest BCUT2D eigenvalue weighted by Crippen LogP contribution is -2.13. The van der Waals surface area contributed by atoms with E-state index < -0.39 is 0 Å². The maximum atomic E-state index is 11.6. The lowest BCUT2D eigenvalue weighted by atomic mass is 10.2. The summed E-state index contributed by atoms with van der Waals surface area (Å²) in [4.78, 5) is 11.6. The van der Waals surface area contributed by atoms with Crippen molar-refractivity contribution < 1.29 is 9.37 Å². The first kappa shape index (κ1) is 11.3. The van der Waals surface area contributed by atoms with Crippen molar-refractivity contribution in [3.05, 3.63) is 66.2 Å². The Labute approximate surface area is 101 Å². The number of nitrogens with zero attached hydrogens (tertiary/aromatic N) is 1. The van der Waals surface area contributed by atoms with E-state index in [4.69, 9.17) is 0 Å². The molecule has 84 valence electrons. The number of carbonyl (C=O) groups excluding carboxylic acids is 1. The molecule has 0 spiro atoms. The first-order valence-electron chi connectivity index (χ1n) is 5.52. The van der Waals surface area contributed by atoms with E-state index in [1.54, 1.807) is 11.5 Å². The van der Waals surface area contributed by atoms with Gasteiger partial charge in [0.05, 0.1) is 6.92 Å². The van der Waals surface area contributed by atoms with Crippen LogP contribution in [0, 0.1) is 0 Å². The van der Waals surface area contributed by atoms with Gasteiger partial charge in [-0.25, -0.2) is 4.79 Å². The molecule has 0 aromatic heterocycles. The standard InChI is InChI=1S/C15H14NO/c1-13(17)16(15-10-6-3-7-11-15)12-14-8-4-2-5-9-14/h2-12H,1H3/q+1. The molecule has 2 heteroatoms. The Hall–Kier alpha value is -2.22. The quantitative estimate of drug-likeness (QED) is 0.567. The molecule has 0 saturated carbocycles. The SMILES string of the molecule is CC(=O)[N+](=Cc1ccccc1)c1ccccc1. The highest BCUT2D eigenvalue weighted by Crippen LogP contribution is 2.10. The van der Waals surface area contributed by atoms with Crippen molar-refractivity contribution in [3.8, 4) is 0 Å². The van der Waals surface area contributed by atoms with Crippen LogP contribution in [-0.2, 0) is 4.79 Å². The molecule has 0 N–H and O–H groups in total. The summed E-state index contributed by atoms with van der Waals surface area (Å²) in [5.74, 6) is 0.0000491. The summed E-state index contributed by atoms with van der Waals surface area (Å²) in [6, 6.07) is 19.4. The third kappa shape index (κ3) is 2.88. The minimum atomic E-state index is 0.0000491. The molecule has 0 aliphatic heterocycles. The summed E-state index contributed by atoms with van der Waals surface area (Å²) in [5.41, 5.74) is 1.88. The van der Waals surface area contributed by atoms with E-state index in [0.29, 0.717) is 0 Å². The average molecular weight is 224 g/mol. The second-order valence-electron chi connectivity index (χ2n) is 3.76. The zero-order valence-electron chi connectivity index (χ0n) is 9.71. The highest BCUT2D eigenvalue weighted by Gasteiger charge is 2.14. The van der Waals surface area contributed by atoms with E-state index in [1.807, 2.05) is 66.9 Å². The van der Waals surface area contributed by atoms with E-state index in [-0.39, 0.29) is 5.91 Å². The van der Waals surface area contributed by atoms with Gasteiger partial charge >= 0.3 is 5.91 Å². The van der Waals surface area contributed by atoms with E-state index in [1.165, 1.54) is 0 Å². The summed E-state index contributed by atoms with van der Waals surface area (Å²) in [7, 11) is 0. The topological polar surface area (TPSA) is 20.1 Å². The number of benzene rings is 2. The molecule has 1 amide bonds. The van der Waals surface area contributed by atoms with Gasteiger partial charge in [-0.05, 0) is 12.1 Å². The molecule has 0 bridgehead atoms. The monoisotopic (exact) mass is 224 g/mol. The van der Waals surface area contributed by atoms with E-state index >= 15 is 0 Å². The van der Waals surface area contributed by atoms with Gasteiger partial charge in [0.1, 0.15) is 0 Å². The lowest BCUT2D eigenvalue weighted by Gasteiger charge is -1.97. The van der Waals surface area contributed by atoms with Gasteiger partial charge in [-0.3, -0.25) is 0 Å². The molecule has 0 unspecified atom stereocenters. The number of rotatable bonds is 2. The van der Waals surface area contributed by atoms with Gasteiger partial charge in [0.15, 0.2) is 6.21 Å². The van der Waals surface area contributed by atoms with Crippen LogP contribution in [0.15, 0.2) is 60.7 Å². The molecular weight excluding hydrogens is 210 g/mol. The van der Waals surface area contributed by atoms with Crippen molar-refractivity contribution in [3.63, 3.8) is 0 Å². The Balaban J connectivity index is 2.44. The molecule has 0 radical (unpaired) electrons. The normalized spacial score (nSPS) is 11.2. The summed E-state index contributed by atoms with van der Waals surface area (Å²) >= 11 is 0. The minimum absolute atomic E-state index is 0.0000491. The smallest absolute Gasteiger partial charge is 0.220 e. The number of amides is 1. The summed E-state index contributed by atoms with van der Waals surface area (Å²) in [6.45, 7) is 1.56. The fourth-order valence-electron chi connectivity index (χ4n) is 1.62. The summed E-state index contributed by atoms with van der Waals surface area (Å²) in [6.07, 6.45) is 1.84. The first-order chi connectivity index (χ1) is 8.27. The van der Waals surface area contributed by atoms with E-state index in [9.17, 15) is 4.79 Å². The fourth-order valence-corrected chi connectivity index (χ4v) is 1.62. The van der Waals surface area contributed by atoms with Crippen LogP contribution < -0.4 is 0 Å². The van der Waals surface area contributed by atoms with Crippen LogP contribution in [0.25, 0.3) is 0 Å². The zero-order chi connectivity index (χ0) is 12.1. The third-order valence-corrected chi connectivity index (χ3v) is 2.45. The van der Waals surface area contributed by atoms with Gasteiger partial charge in [-0.2, -0.15) is 0 Å². The number of hydrogen-bond donors (Lipinski definition) is 0. The lowest BCUT2D eigenvalue weighted by molar-refractivity contribution is -0.359. The molecule has 0 aliphatic rings. The van der Waals surface area contributed by atoms with Crippen LogP contribution in [0.4, 0.5) is 5.69 Å². The molecular formula is C15H14NO+. The Bertz CT molecular complexity index is 529. The maximum absolute atomic E-state index is 11.6. The van der Waals surface area contributed by atoms with Crippen molar-refractivity contribution in [2.45, 2.75) is 6.92 Å². The average Bonchev–Trinajstić information content (AvgIpc) is 2.38. The molecule has 0 heterocycles. The number of hydrogen-bond acceptors (Lipinski definition) is 1. The van der Waals surface area contributed by atoms with Crippen LogP contribution in [0.1, 0.15) is 12.5 Å². The molecule has 2 rings (SSSR count). The molecule has 0 aliphatic carbocycles. The minimum Gasteiger partial charge on any atom is -0.220 e. The van der Waals surface area contributed by atoms with Crippen LogP contribution in [0.5, 0.6) is 0 Å². The predicted octanol–water partition coefficient (Wildman–Crippen LogP) is 3.00. The van der Waals surface area contributed by atoms with E-state index in [0.717, 1.165) is 11.3 Å². The van der Waals surface area contributed by atoms with Crippen molar-refractivity contribution in [2.75, 3.05) is 0 Å². The second kappa shape index (κ2) is 5.21. The molecule has 17 heavy (non-hydrogen) atoms. The first-order valence-corrected chi connectivity index (χ1v) is 5.52. The van der Waals surface area contributed by atoms with Crippen molar-refractivity contribution in [1.29, 1.82) is 0 Å². The highest BCUT2D eigenvalue weighted by atomic mass is 16.1. The van der Waals surface area contributed by atoms with Gasteiger partial charge in [-0.1, -0.05) is 36.4 Å². The predicted molar refractivity (Wildman–Crippen MR) is 68.7 cm³/mol. The van der Waals surface area contributed by atoms with Gasteiger partial charge in [-0.15, -0.1) is 4.58 Å². The highest BCUT2D eigenvalue weighted by molar-refractivity contribution is 5.82. The van der Waals surface area contributed by atoms with Crippen molar-refractivity contribution >= 4 is 17.8 Å². The Morgan fingerprint density at radius 1 is 0.941 bits per heavy atom. The van der Waals surface area contributed by atoms with Crippen molar-refractivity contribution in [1.82, 2.24) is 0 Å². The number of para-hydroxylation sites is 1. The van der Waals surface area contributed by atoms with Gasteiger partial charge in [0.2, 0.25) is 5.69 Å². The molecule has 0 fully saturated rings.